The van der Waals surface area contributed by atoms with Gasteiger partial charge in [0.2, 0.25) is 0 Å². The Bertz CT molecular complexity index is 433. The first-order valence-corrected chi connectivity index (χ1v) is 3.99. The second-order valence-corrected chi connectivity index (χ2v) is 3.13. The van der Waals surface area contributed by atoms with E-state index in [4.69, 9.17) is 0 Å². The number of anilines is 1. The third-order valence-corrected chi connectivity index (χ3v) is 2.02. The quantitative estimate of drug-likeness (QED) is 0.723. The molecule has 1 heterocycles. The molecule has 0 aliphatic carbocycles. The van der Waals surface area contributed by atoms with Crippen LogP contribution in [0.3, 0.4) is 0 Å². The molecular weight excluding hydrogens is 169 g/mol. The van der Waals surface area contributed by atoms with E-state index in [0.717, 1.165) is 5.39 Å². The maximum absolute atomic E-state index is 13.6. The average molecular weight is 179 g/mol. The summed E-state index contributed by atoms with van der Waals surface area (Å²) in [5.74, 6) is -0.250. The Morgan fingerprint density at radius 1 is 1.38 bits per heavy atom. The molecule has 68 valence electrons. The molecule has 0 saturated heterocycles. The van der Waals surface area contributed by atoms with Gasteiger partial charge in [-0.2, -0.15) is 5.10 Å². The van der Waals surface area contributed by atoms with Gasteiger partial charge in [0.25, 0.3) is 0 Å². The van der Waals surface area contributed by atoms with Crippen LogP contribution in [0, 0.1) is 5.82 Å². The van der Waals surface area contributed by atoms with Crippen molar-refractivity contribution in [1.82, 2.24) is 10.2 Å². The molecule has 0 aliphatic heterocycles. The second-order valence-electron chi connectivity index (χ2n) is 3.13. The van der Waals surface area contributed by atoms with Crippen molar-refractivity contribution in [2.75, 3.05) is 19.0 Å². The topological polar surface area (TPSA) is 31.9 Å². The molecule has 0 radical (unpaired) electrons. The molecule has 4 heteroatoms. The van der Waals surface area contributed by atoms with Crippen molar-refractivity contribution in [3.8, 4) is 0 Å². The lowest BCUT2D eigenvalue weighted by Crippen LogP contribution is -2.10. The van der Waals surface area contributed by atoms with E-state index < -0.39 is 0 Å². The van der Waals surface area contributed by atoms with Crippen LogP contribution in [0.4, 0.5) is 10.1 Å². The van der Waals surface area contributed by atoms with Crippen LogP contribution in [0.2, 0.25) is 0 Å². The van der Waals surface area contributed by atoms with Gasteiger partial charge in [-0.3, -0.25) is 5.10 Å². The summed E-state index contributed by atoms with van der Waals surface area (Å²) in [7, 11) is 3.61. The molecule has 0 amide bonds. The molecule has 0 bridgehead atoms. The molecule has 0 atom stereocenters. The maximum atomic E-state index is 13.6. The SMILES string of the molecule is CN(C)c1ccc2cn[nH]c2c1F. The number of hydrogen-bond acceptors (Lipinski definition) is 2. The summed E-state index contributed by atoms with van der Waals surface area (Å²) >= 11 is 0. The number of benzene rings is 1. The largest absolute Gasteiger partial charge is 0.375 e. The van der Waals surface area contributed by atoms with Gasteiger partial charge >= 0.3 is 0 Å². The van der Waals surface area contributed by atoms with Crippen LogP contribution in [0.1, 0.15) is 0 Å². The Balaban J connectivity index is 2.73. The van der Waals surface area contributed by atoms with E-state index in [2.05, 4.69) is 10.2 Å². The van der Waals surface area contributed by atoms with E-state index in [1.165, 1.54) is 0 Å². The zero-order valence-corrected chi connectivity index (χ0v) is 7.50. The number of H-pyrrole nitrogens is 1. The van der Waals surface area contributed by atoms with Crippen molar-refractivity contribution >= 4 is 16.6 Å². The normalized spacial score (nSPS) is 10.7. The van der Waals surface area contributed by atoms with Crippen molar-refractivity contribution in [2.45, 2.75) is 0 Å². The minimum Gasteiger partial charge on any atom is -0.375 e. The fourth-order valence-electron chi connectivity index (χ4n) is 1.31. The summed E-state index contributed by atoms with van der Waals surface area (Å²) in [4.78, 5) is 1.73. The summed E-state index contributed by atoms with van der Waals surface area (Å²) in [6, 6.07) is 3.59. The summed E-state index contributed by atoms with van der Waals surface area (Å²) in [6.07, 6.45) is 1.61. The molecule has 0 fully saturated rings. The first kappa shape index (κ1) is 8.04. The Hall–Kier alpha value is -1.58. The Labute approximate surface area is 75.2 Å². The number of halogens is 1. The van der Waals surface area contributed by atoms with Crippen LogP contribution in [0.15, 0.2) is 18.3 Å². The van der Waals surface area contributed by atoms with Crippen LogP contribution in [-0.4, -0.2) is 24.3 Å². The molecule has 1 aromatic heterocycles. The van der Waals surface area contributed by atoms with Gasteiger partial charge in [0.1, 0.15) is 5.52 Å². The number of hydrogen-bond donors (Lipinski definition) is 1. The van der Waals surface area contributed by atoms with Crippen LogP contribution < -0.4 is 4.90 Å². The summed E-state index contributed by atoms with van der Waals surface area (Å²) in [5, 5.41) is 7.21. The van der Waals surface area contributed by atoms with Crippen LogP contribution in [0.25, 0.3) is 10.9 Å². The molecule has 13 heavy (non-hydrogen) atoms. The number of nitrogens with one attached hydrogen (secondary N) is 1. The highest BCUT2D eigenvalue weighted by molar-refractivity contribution is 5.82. The van der Waals surface area contributed by atoms with Gasteiger partial charge in [-0.05, 0) is 12.1 Å². The highest BCUT2D eigenvalue weighted by Gasteiger charge is 2.09. The molecule has 0 saturated carbocycles. The number of fused-ring (bicyclic) bond motifs is 1. The Kier molecular flexibility index (Phi) is 1.69. The van der Waals surface area contributed by atoms with E-state index in [9.17, 15) is 4.39 Å². The van der Waals surface area contributed by atoms with Gasteiger partial charge in [-0.15, -0.1) is 0 Å². The zero-order valence-electron chi connectivity index (χ0n) is 7.50. The predicted molar refractivity (Wildman–Crippen MR) is 50.4 cm³/mol. The van der Waals surface area contributed by atoms with E-state index in [-0.39, 0.29) is 5.82 Å². The van der Waals surface area contributed by atoms with Gasteiger partial charge in [-0.25, -0.2) is 4.39 Å². The average Bonchev–Trinajstić information content (AvgIpc) is 2.52. The lowest BCUT2D eigenvalue weighted by molar-refractivity contribution is 0.634. The monoisotopic (exact) mass is 179 g/mol. The van der Waals surface area contributed by atoms with Crippen LogP contribution in [-0.2, 0) is 0 Å². The molecule has 1 N–H and O–H groups in total. The molecule has 0 spiro atoms. The van der Waals surface area contributed by atoms with Crippen molar-refractivity contribution in [3.05, 3.63) is 24.1 Å². The maximum Gasteiger partial charge on any atom is 0.172 e. The molecule has 1 aromatic carbocycles. The first-order valence-electron chi connectivity index (χ1n) is 3.99. The highest BCUT2D eigenvalue weighted by atomic mass is 19.1. The minimum absolute atomic E-state index is 0.250. The Morgan fingerprint density at radius 2 is 2.15 bits per heavy atom. The van der Waals surface area contributed by atoms with Crippen LogP contribution in [0.5, 0.6) is 0 Å². The van der Waals surface area contributed by atoms with E-state index in [1.807, 2.05) is 6.07 Å². The van der Waals surface area contributed by atoms with Crippen molar-refractivity contribution in [2.24, 2.45) is 0 Å². The standard InChI is InChI=1S/C9H10FN3/c1-13(2)7-4-3-6-5-11-12-9(6)8(7)10/h3-5H,1-2H3,(H,11,12). The van der Waals surface area contributed by atoms with Gasteiger partial charge in [0.05, 0.1) is 11.9 Å². The molecule has 0 unspecified atom stereocenters. The number of aromatic nitrogens is 2. The van der Waals surface area contributed by atoms with Gasteiger partial charge in [0.15, 0.2) is 5.82 Å². The fraction of sp³-hybridized carbons (Fsp3) is 0.222. The molecule has 0 aliphatic rings. The van der Waals surface area contributed by atoms with Crippen molar-refractivity contribution in [3.63, 3.8) is 0 Å². The lowest BCUT2D eigenvalue weighted by atomic mass is 10.2. The molecular formula is C9H10FN3. The highest BCUT2D eigenvalue weighted by Crippen LogP contribution is 2.23. The van der Waals surface area contributed by atoms with E-state index in [1.54, 1.807) is 31.3 Å². The van der Waals surface area contributed by atoms with Crippen molar-refractivity contribution in [1.29, 1.82) is 0 Å². The predicted octanol–water partition coefficient (Wildman–Crippen LogP) is 1.77. The minimum atomic E-state index is -0.250. The lowest BCUT2D eigenvalue weighted by Gasteiger charge is -2.12. The summed E-state index contributed by atoms with van der Waals surface area (Å²) < 4.78 is 13.6. The fourth-order valence-corrected chi connectivity index (χ4v) is 1.31. The molecule has 3 nitrogen and oxygen atoms in total. The van der Waals surface area contributed by atoms with Crippen molar-refractivity contribution < 1.29 is 4.39 Å². The second kappa shape index (κ2) is 2.73. The third-order valence-electron chi connectivity index (χ3n) is 2.02. The van der Waals surface area contributed by atoms with Gasteiger partial charge < -0.3 is 4.90 Å². The number of nitrogens with zero attached hydrogens (tertiary/aromatic N) is 2. The summed E-state index contributed by atoms with van der Waals surface area (Å²) in [6.45, 7) is 0. The van der Waals surface area contributed by atoms with Gasteiger partial charge in [0, 0.05) is 19.5 Å². The van der Waals surface area contributed by atoms with E-state index in [0.29, 0.717) is 11.2 Å². The van der Waals surface area contributed by atoms with Crippen LogP contribution >= 0.6 is 0 Å². The summed E-state index contributed by atoms with van der Waals surface area (Å²) in [5.41, 5.74) is 1.03. The molecule has 2 rings (SSSR count). The third kappa shape index (κ3) is 1.14. The van der Waals surface area contributed by atoms with E-state index >= 15 is 0 Å². The smallest absolute Gasteiger partial charge is 0.172 e. The number of rotatable bonds is 1. The zero-order chi connectivity index (χ0) is 9.42. The molecule has 2 aromatic rings. The number of aromatic amines is 1. The Morgan fingerprint density at radius 3 is 2.85 bits per heavy atom. The first-order chi connectivity index (χ1) is 6.20. The van der Waals surface area contributed by atoms with Gasteiger partial charge in [-0.1, -0.05) is 0 Å².